The van der Waals surface area contributed by atoms with Gasteiger partial charge in [-0.05, 0) is 6.42 Å². The topological polar surface area (TPSA) is 52.6 Å². The van der Waals surface area contributed by atoms with Gasteiger partial charge in [-0.3, -0.25) is 4.79 Å². The van der Waals surface area contributed by atoms with E-state index in [2.05, 4.69) is 4.74 Å². The van der Waals surface area contributed by atoms with Crippen LogP contribution in [-0.2, 0) is 19.1 Å². The predicted octanol–water partition coefficient (Wildman–Crippen LogP) is 1.84. The van der Waals surface area contributed by atoms with Gasteiger partial charge in [-0.15, -0.1) is 0 Å². The Kier molecular flexibility index (Phi) is 7.32. The number of rotatable bonds is 6. The molecule has 0 aliphatic rings. The first-order valence-electron chi connectivity index (χ1n) is 5.08. The van der Waals surface area contributed by atoms with Gasteiger partial charge in [0.15, 0.2) is 0 Å². The second-order valence-corrected chi connectivity index (χ2v) is 3.02. The van der Waals surface area contributed by atoms with E-state index in [1.165, 1.54) is 7.11 Å². The zero-order valence-electron chi connectivity index (χ0n) is 9.54. The van der Waals surface area contributed by atoms with Crippen LogP contribution in [0.5, 0.6) is 0 Å². The lowest BCUT2D eigenvalue weighted by atomic mass is 10.2. The molecule has 4 heteroatoms. The summed E-state index contributed by atoms with van der Waals surface area (Å²) < 4.78 is 9.44. The molecule has 0 aromatic carbocycles. The van der Waals surface area contributed by atoms with Crippen molar-refractivity contribution in [2.75, 3.05) is 13.7 Å². The van der Waals surface area contributed by atoms with Crippen molar-refractivity contribution in [1.82, 2.24) is 0 Å². The van der Waals surface area contributed by atoms with Crippen molar-refractivity contribution in [3.8, 4) is 0 Å². The van der Waals surface area contributed by atoms with Gasteiger partial charge in [0, 0.05) is 6.42 Å². The molecule has 0 aliphatic carbocycles. The highest BCUT2D eigenvalue weighted by atomic mass is 16.5. The van der Waals surface area contributed by atoms with E-state index in [1.807, 2.05) is 6.92 Å². The molecule has 0 fully saturated rings. The molecule has 0 saturated carbocycles. The molecule has 0 heterocycles. The molecule has 0 N–H and O–H groups in total. The molecule has 0 rings (SSSR count). The number of hydrogen-bond donors (Lipinski definition) is 0. The molecule has 0 atom stereocenters. The van der Waals surface area contributed by atoms with Crippen LogP contribution in [-0.4, -0.2) is 25.7 Å². The summed E-state index contributed by atoms with van der Waals surface area (Å²) >= 11 is 0. The second kappa shape index (κ2) is 8.03. The first-order chi connectivity index (χ1) is 7.15. The van der Waals surface area contributed by atoms with Crippen LogP contribution >= 0.6 is 0 Å². The number of esters is 2. The first kappa shape index (κ1) is 13.7. The van der Waals surface area contributed by atoms with E-state index >= 15 is 0 Å². The fourth-order valence-corrected chi connectivity index (χ4v) is 0.911. The third kappa shape index (κ3) is 5.88. The fourth-order valence-electron chi connectivity index (χ4n) is 0.911. The quantitative estimate of drug-likeness (QED) is 0.500. The van der Waals surface area contributed by atoms with E-state index in [0.29, 0.717) is 12.0 Å². The minimum atomic E-state index is -0.438. The Bertz CT molecular complexity index is 243. The Morgan fingerprint density at radius 3 is 2.40 bits per heavy atom. The molecule has 15 heavy (non-hydrogen) atoms. The van der Waals surface area contributed by atoms with Crippen molar-refractivity contribution in [3.05, 3.63) is 11.6 Å². The number of unbranched alkanes of at least 4 members (excludes halogenated alkanes) is 1. The van der Waals surface area contributed by atoms with Gasteiger partial charge in [0.05, 0.1) is 12.7 Å². The third-order valence-corrected chi connectivity index (χ3v) is 1.80. The van der Waals surface area contributed by atoms with Crippen LogP contribution < -0.4 is 0 Å². The number of methoxy groups -OCH3 is 1. The van der Waals surface area contributed by atoms with Crippen LogP contribution in [0, 0.1) is 0 Å². The lowest BCUT2D eigenvalue weighted by Gasteiger charge is -2.06. The minimum absolute atomic E-state index is 0.000648. The first-order valence-corrected chi connectivity index (χ1v) is 5.08. The molecular weight excluding hydrogens is 196 g/mol. The summed E-state index contributed by atoms with van der Waals surface area (Å²) in [6.45, 7) is 3.71. The Hall–Kier alpha value is -1.32. The molecule has 0 bridgehead atoms. The predicted molar refractivity (Wildman–Crippen MR) is 56.3 cm³/mol. The molecule has 0 amide bonds. The Labute approximate surface area is 90.2 Å². The third-order valence-electron chi connectivity index (χ3n) is 1.80. The lowest BCUT2D eigenvalue weighted by molar-refractivity contribution is -0.143. The van der Waals surface area contributed by atoms with Gasteiger partial charge in [-0.25, -0.2) is 4.79 Å². The number of hydrogen-bond acceptors (Lipinski definition) is 4. The average molecular weight is 214 g/mol. The summed E-state index contributed by atoms with van der Waals surface area (Å²) in [5.41, 5.74) is 0.404. The number of allylic oxidation sites excluding steroid dienone is 1. The van der Waals surface area contributed by atoms with Crippen LogP contribution in [0.2, 0.25) is 0 Å². The summed E-state index contributed by atoms with van der Waals surface area (Å²) in [6.07, 6.45) is 3.76. The highest BCUT2D eigenvalue weighted by molar-refractivity contribution is 5.89. The summed E-state index contributed by atoms with van der Waals surface area (Å²) in [6, 6.07) is 0. The smallest absolute Gasteiger partial charge is 0.336 e. The average Bonchev–Trinajstić information content (AvgIpc) is 2.27. The molecule has 0 aromatic rings. The molecule has 86 valence electrons. The molecular formula is C11H18O4. The van der Waals surface area contributed by atoms with Gasteiger partial charge >= 0.3 is 11.9 Å². The zero-order chi connectivity index (χ0) is 11.7. The Morgan fingerprint density at radius 2 is 1.93 bits per heavy atom. The highest BCUT2D eigenvalue weighted by Crippen LogP contribution is 2.03. The number of ether oxygens (including phenoxy) is 2. The van der Waals surface area contributed by atoms with E-state index in [4.69, 9.17) is 4.74 Å². The maximum Gasteiger partial charge on any atom is 0.336 e. The van der Waals surface area contributed by atoms with E-state index in [0.717, 1.165) is 12.8 Å². The van der Waals surface area contributed by atoms with E-state index < -0.39 is 5.97 Å². The van der Waals surface area contributed by atoms with Crippen LogP contribution in [0.15, 0.2) is 11.6 Å². The van der Waals surface area contributed by atoms with E-state index in [-0.39, 0.29) is 12.6 Å². The van der Waals surface area contributed by atoms with Crippen LogP contribution in [0.4, 0.5) is 0 Å². The lowest BCUT2D eigenvalue weighted by Crippen LogP contribution is -2.13. The van der Waals surface area contributed by atoms with Gasteiger partial charge in [0.1, 0.15) is 6.61 Å². The summed E-state index contributed by atoms with van der Waals surface area (Å²) in [5, 5.41) is 0. The molecule has 0 aromatic heterocycles. The van der Waals surface area contributed by atoms with Gasteiger partial charge in [0.2, 0.25) is 0 Å². The van der Waals surface area contributed by atoms with Crippen molar-refractivity contribution >= 4 is 11.9 Å². The van der Waals surface area contributed by atoms with Gasteiger partial charge in [0.25, 0.3) is 0 Å². The molecule has 0 radical (unpaired) electrons. The minimum Gasteiger partial charge on any atom is -0.466 e. The van der Waals surface area contributed by atoms with E-state index in [9.17, 15) is 9.59 Å². The number of carbonyl (C=O) groups excluding carboxylic acids is 2. The maximum absolute atomic E-state index is 11.2. The molecule has 0 aliphatic heterocycles. The largest absolute Gasteiger partial charge is 0.466 e. The van der Waals surface area contributed by atoms with Crippen molar-refractivity contribution < 1.29 is 19.1 Å². The maximum atomic E-state index is 11.2. The van der Waals surface area contributed by atoms with Crippen molar-refractivity contribution in [3.63, 3.8) is 0 Å². The summed E-state index contributed by atoms with van der Waals surface area (Å²) in [4.78, 5) is 22.1. The van der Waals surface area contributed by atoms with Crippen molar-refractivity contribution in [1.29, 1.82) is 0 Å². The molecule has 4 nitrogen and oxygen atoms in total. The van der Waals surface area contributed by atoms with Crippen LogP contribution in [0.1, 0.15) is 33.1 Å². The molecule has 0 unspecified atom stereocenters. The summed E-state index contributed by atoms with van der Waals surface area (Å²) in [7, 11) is 1.31. The number of carbonyl (C=O) groups is 2. The SMILES string of the molecule is CCCC=C(COC(=O)CC)C(=O)OC. The standard InChI is InChI=1S/C11H18O4/c1-4-6-7-9(11(13)14-3)8-15-10(12)5-2/h7H,4-6,8H2,1-3H3. The van der Waals surface area contributed by atoms with Crippen LogP contribution in [0.3, 0.4) is 0 Å². The Morgan fingerprint density at radius 1 is 1.27 bits per heavy atom. The summed E-state index contributed by atoms with van der Waals surface area (Å²) in [5.74, 6) is -0.756. The van der Waals surface area contributed by atoms with E-state index in [1.54, 1.807) is 13.0 Å². The Balaban J connectivity index is 4.25. The van der Waals surface area contributed by atoms with Gasteiger partial charge < -0.3 is 9.47 Å². The molecule has 0 spiro atoms. The second-order valence-electron chi connectivity index (χ2n) is 3.02. The van der Waals surface area contributed by atoms with Crippen LogP contribution in [0.25, 0.3) is 0 Å². The van der Waals surface area contributed by atoms with Gasteiger partial charge in [-0.1, -0.05) is 26.3 Å². The normalized spacial score (nSPS) is 11.0. The monoisotopic (exact) mass is 214 g/mol. The van der Waals surface area contributed by atoms with Crippen molar-refractivity contribution in [2.24, 2.45) is 0 Å². The zero-order valence-corrected chi connectivity index (χ0v) is 9.54. The highest BCUT2D eigenvalue weighted by Gasteiger charge is 2.11. The molecule has 0 saturated heterocycles. The van der Waals surface area contributed by atoms with Gasteiger partial charge in [-0.2, -0.15) is 0 Å². The van der Waals surface area contributed by atoms with Crippen molar-refractivity contribution in [2.45, 2.75) is 33.1 Å². The fraction of sp³-hybridized carbons (Fsp3) is 0.636.